The first kappa shape index (κ1) is 14.1. The molecule has 0 saturated heterocycles. The van der Waals surface area contributed by atoms with Crippen LogP contribution >= 0.6 is 0 Å². The Bertz CT molecular complexity index is 743. The number of rotatable bonds is 1. The Morgan fingerprint density at radius 1 is 1.19 bits per heavy atom. The molecular weight excluding hydrogens is 260 g/mol. The zero-order valence-electron chi connectivity index (χ0n) is 13.1. The highest BCUT2D eigenvalue weighted by Gasteiger charge is 2.33. The molecule has 1 aromatic carbocycles. The first-order valence-corrected chi connectivity index (χ1v) is 7.43. The van der Waals surface area contributed by atoms with Gasteiger partial charge in [0.25, 0.3) is 5.56 Å². The van der Waals surface area contributed by atoms with Gasteiger partial charge >= 0.3 is 0 Å². The average Bonchev–Trinajstić information content (AvgIpc) is 2.36. The van der Waals surface area contributed by atoms with Crippen molar-refractivity contribution in [3.05, 3.63) is 68.6 Å². The number of hydrogen-bond donors (Lipinski definition) is 2. The fourth-order valence-corrected chi connectivity index (χ4v) is 3.42. The normalized spacial score (nSPS) is 20.1. The van der Waals surface area contributed by atoms with Crippen LogP contribution in [0.15, 0.2) is 35.1 Å². The van der Waals surface area contributed by atoms with E-state index >= 15 is 0 Å². The van der Waals surface area contributed by atoms with Crippen LogP contribution in [0, 0.1) is 13.8 Å². The number of nitrogens with one attached hydrogen (secondary N) is 2. The van der Waals surface area contributed by atoms with Crippen LogP contribution < -0.4 is 10.9 Å². The molecule has 0 fully saturated rings. The first-order valence-electron chi connectivity index (χ1n) is 7.43. The van der Waals surface area contributed by atoms with Crippen molar-refractivity contribution in [1.29, 1.82) is 0 Å². The summed E-state index contributed by atoms with van der Waals surface area (Å²) in [5.41, 5.74) is 5.31. The molecule has 0 bridgehead atoms. The molecule has 110 valence electrons. The Labute approximate surface area is 125 Å². The maximum absolute atomic E-state index is 12.5. The van der Waals surface area contributed by atoms with Crippen molar-refractivity contribution in [3.63, 3.8) is 0 Å². The van der Waals surface area contributed by atoms with E-state index in [1.807, 2.05) is 26.0 Å². The summed E-state index contributed by atoms with van der Waals surface area (Å²) in [5, 5.41) is 3.65. The number of benzene rings is 1. The van der Waals surface area contributed by atoms with Gasteiger partial charge in [-0.15, -0.1) is 0 Å². The Morgan fingerprint density at radius 3 is 2.62 bits per heavy atom. The second-order valence-electron chi connectivity index (χ2n) is 6.71. The van der Waals surface area contributed by atoms with Gasteiger partial charge in [0.1, 0.15) is 0 Å². The number of fused-ring (bicyclic) bond motifs is 1. The quantitative estimate of drug-likeness (QED) is 0.844. The first-order chi connectivity index (χ1) is 9.87. The van der Waals surface area contributed by atoms with Crippen LogP contribution in [0.25, 0.3) is 0 Å². The van der Waals surface area contributed by atoms with Crippen LogP contribution in [0.1, 0.15) is 47.8 Å². The Hall–Kier alpha value is -1.87. The molecule has 1 unspecified atom stereocenters. The lowest BCUT2D eigenvalue weighted by molar-refractivity contribution is 0.331. The highest BCUT2D eigenvalue weighted by molar-refractivity contribution is 5.43. The molecule has 0 saturated carbocycles. The summed E-state index contributed by atoms with van der Waals surface area (Å²) >= 11 is 0. The zero-order chi connectivity index (χ0) is 15.2. The number of aryl methyl sites for hydroxylation is 2. The van der Waals surface area contributed by atoms with Crippen molar-refractivity contribution < 1.29 is 0 Å². The molecule has 0 radical (unpaired) electrons. The van der Waals surface area contributed by atoms with Crippen molar-refractivity contribution in [2.24, 2.45) is 0 Å². The number of H-pyrrole nitrogens is 1. The van der Waals surface area contributed by atoms with E-state index in [9.17, 15) is 4.79 Å². The summed E-state index contributed by atoms with van der Waals surface area (Å²) in [4.78, 5) is 15.4. The zero-order valence-corrected chi connectivity index (χ0v) is 13.1. The summed E-state index contributed by atoms with van der Waals surface area (Å²) < 4.78 is 0. The van der Waals surface area contributed by atoms with E-state index in [-0.39, 0.29) is 17.1 Å². The molecule has 0 spiro atoms. The summed E-state index contributed by atoms with van der Waals surface area (Å²) in [6.07, 6.45) is 0.975. The van der Waals surface area contributed by atoms with Gasteiger partial charge < -0.3 is 10.3 Å². The van der Waals surface area contributed by atoms with Crippen LogP contribution in [0.5, 0.6) is 0 Å². The smallest absolute Gasteiger partial charge is 0.253 e. The van der Waals surface area contributed by atoms with E-state index in [2.05, 4.69) is 42.3 Å². The third kappa shape index (κ3) is 2.54. The molecule has 2 heterocycles. The van der Waals surface area contributed by atoms with Gasteiger partial charge in [0.05, 0.1) is 6.04 Å². The topological polar surface area (TPSA) is 44.9 Å². The highest BCUT2D eigenvalue weighted by atomic mass is 16.1. The fraction of sp³-hybridized carbons (Fsp3) is 0.389. The monoisotopic (exact) mass is 282 g/mol. The minimum absolute atomic E-state index is 0.0116. The molecule has 2 N–H and O–H groups in total. The number of pyridine rings is 1. The maximum Gasteiger partial charge on any atom is 0.253 e. The van der Waals surface area contributed by atoms with Crippen molar-refractivity contribution in [2.45, 2.75) is 45.7 Å². The minimum Gasteiger partial charge on any atom is -0.326 e. The van der Waals surface area contributed by atoms with E-state index in [4.69, 9.17) is 0 Å². The van der Waals surface area contributed by atoms with Crippen molar-refractivity contribution >= 4 is 0 Å². The SMILES string of the molecule is Cc1cc(C)c(C2NC(C)(C)Cc3ccccc32)c(=O)[nH]1. The standard InChI is InChI=1S/C18H22N2O/c1-11-9-12(2)19-17(21)15(11)16-14-8-6-5-7-13(14)10-18(3,4)20-16/h5-9,16,20H,10H2,1-4H3,(H,19,21). The van der Waals surface area contributed by atoms with Crippen LogP contribution in [0.3, 0.4) is 0 Å². The average molecular weight is 282 g/mol. The second kappa shape index (κ2) is 4.85. The molecule has 2 aromatic rings. The minimum atomic E-state index is -0.0469. The third-order valence-corrected chi connectivity index (χ3v) is 4.24. The molecule has 3 nitrogen and oxygen atoms in total. The van der Waals surface area contributed by atoms with Crippen LogP contribution in [0.4, 0.5) is 0 Å². The molecular formula is C18H22N2O. The summed E-state index contributed by atoms with van der Waals surface area (Å²) in [6.45, 7) is 8.31. The Balaban J connectivity index is 2.21. The lowest BCUT2D eigenvalue weighted by Crippen LogP contribution is -2.49. The molecule has 3 rings (SSSR count). The van der Waals surface area contributed by atoms with Crippen molar-refractivity contribution in [2.75, 3.05) is 0 Å². The molecule has 0 amide bonds. The predicted molar refractivity (Wildman–Crippen MR) is 85.7 cm³/mol. The molecule has 3 heteroatoms. The van der Waals surface area contributed by atoms with Gasteiger partial charge in [0.15, 0.2) is 0 Å². The van der Waals surface area contributed by atoms with Gasteiger partial charge in [-0.1, -0.05) is 24.3 Å². The van der Waals surface area contributed by atoms with Crippen LogP contribution in [-0.4, -0.2) is 10.5 Å². The highest BCUT2D eigenvalue weighted by Crippen LogP contribution is 2.34. The Morgan fingerprint density at radius 2 is 1.90 bits per heavy atom. The maximum atomic E-state index is 12.5. The largest absolute Gasteiger partial charge is 0.326 e. The Kier molecular flexibility index (Phi) is 3.25. The van der Waals surface area contributed by atoms with E-state index in [1.165, 1.54) is 11.1 Å². The second-order valence-corrected chi connectivity index (χ2v) is 6.71. The summed E-state index contributed by atoms with van der Waals surface area (Å²) in [5.74, 6) is 0. The van der Waals surface area contributed by atoms with Crippen molar-refractivity contribution in [1.82, 2.24) is 10.3 Å². The van der Waals surface area contributed by atoms with E-state index in [1.54, 1.807) is 0 Å². The molecule has 1 aliphatic heterocycles. The van der Waals surface area contributed by atoms with Gasteiger partial charge in [-0.05, 0) is 56.9 Å². The molecule has 0 aliphatic carbocycles. The van der Waals surface area contributed by atoms with Crippen LogP contribution in [0.2, 0.25) is 0 Å². The van der Waals surface area contributed by atoms with Gasteiger partial charge in [-0.3, -0.25) is 4.79 Å². The van der Waals surface area contributed by atoms with Gasteiger partial charge in [-0.25, -0.2) is 0 Å². The molecule has 1 atom stereocenters. The lowest BCUT2D eigenvalue weighted by atomic mass is 9.81. The van der Waals surface area contributed by atoms with Gasteiger partial charge in [-0.2, -0.15) is 0 Å². The van der Waals surface area contributed by atoms with E-state index in [0.29, 0.717) is 0 Å². The van der Waals surface area contributed by atoms with E-state index < -0.39 is 0 Å². The molecule has 1 aliphatic rings. The number of hydrogen-bond acceptors (Lipinski definition) is 2. The van der Waals surface area contributed by atoms with Gasteiger partial charge in [0.2, 0.25) is 0 Å². The van der Waals surface area contributed by atoms with Crippen LogP contribution in [-0.2, 0) is 6.42 Å². The molecule has 21 heavy (non-hydrogen) atoms. The van der Waals surface area contributed by atoms with E-state index in [0.717, 1.165) is 23.2 Å². The predicted octanol–water partition coefficient (Wildman–Crippen LogP) is 3.01. The van der Waals surface area contributed by atoms with Gasteiger partial charge in [0, 0.05) is 16.8 Å². The summed E-state index contributed by atoms with van der Waals surface area (Å²) in [6, 6.07) is 10.4. The lowest BCUT2D eigenvalue weighted by Gasteiger charge is -2.39. The van der Waals surface area contributed by atoms with Crippen molar-refractivity contribution in [3.8, 4) is 0 Å². The fourth-order valence-electron chi connectivity index (χ4n) is 3.42. The number of aromatic nitrogens is 1. The summed E-state index contributed by atoms with van der Waals surface area (Å²) in [7, 11) is 0. The number of aromatic amines is 1. The molecule has 1 aromatic heterocycles. The third-order valence-electron chi connectivity index (χ3n) is 4.24.